The summed E-state index contributed by atoms with van der Waals surface area (Å²) in [6, 6.07) is 0. The Hall–Kier alpha value is -0.0900. The van der Waals surface area contributed by atoms with E-state index in [-0.39, 0.29) is 6.61 Å². The van der Waals surface area contributed by atoms with E-state index in [4.69, 9.17) is 5.11 Å². The molecule has 1 rings (SSSR count). The van der Waals surface area contributed by atoms with E-state index in [1.165, 1.54) is 6.26 Å². The van der Waals surface area contributed by atoms with Gasteiger partial charge in [-0.15, -0.1) is 0 Å². The topological polar surface area (TPSA) is 54.4 Å². The predicted molar refractivity (Wildman–Crippen MR) is 33.9 cm³/mol. The normalized spacial score (nSPS) is 23.8. The second kappa shape index (κ2) is 1.70. The van der Waals surface area contributed by atoms with Crippen LogP contribution in [0.3, 0.4) is 0 Å². The van der Waals surface area contributed by atoms with Crippen LogP contribution in [-0.4, -0.2) is 31.1 Å². The maximum absolute atomic E-state index is 10.8. The average Bonchev–Trinajstić information content (AvgIpc) is 2.40. The highest BCUT2D eigenvalue weighted by atomic mass is 32.2. The molecule has 1 saturated carbocycles. The first kappa shape index (κ1) is 7.02. The summed E-state index contributed by atoms with van der Waals surface area (Å²) in [5.41, 5.74) is 0. The molecule has 9 heavy (non-hydrogen) atoms. The Morgan fingerprint density at radius 3 is 2.00 bits per heavy atom. The van der Waals surface area contributed by atoms with E-state index in [1.807, 2.05) is 0 Å². The third kappa shape index (κ3) is 0.966. The predicted octanol–water partition coefficient (Wildman–Crippen LogP) is -0.444. The molecule has 1 aliphatic carbocycles. The van der Waals surface area contributed by atoms with Crippen molar-refractivity contribution in [2.75, 3.05) is 12.9 Å². The van der Waals surface area contributed by atoms with Gasteiger partial charge in [0.1, 0.15) is 0 Å². The number of rotatable bonds is 2. The number of hydrogen-bond donors (Lipinski definition) is 1. The smallest absolute Gasteiger partial charge is 0.155 e. The molecular formula is C5H10O3S. The summed E-state index contributed by atoms with van der Waals surface area (Å²) in [7, 11) is -2.99. The molecule has 3 nitrogen and oxygen atoms in total. The van der Waals surface area contributed by atoms with Crippen molar-refractivity contribution in [3.8, 4) is 0 Å². The fourth-order valence-corrected chi connectivity index (χ4v) is 1.86. The van der Waals surface area contributed by atoms with Gasteiger partial charge in [0.15, 0.2) is 9.84 Å². The number of aliphatic hydroxyl groups excluding tert-OH is 1. The molecule has 4 heteroatoms. The second-order valence-electron chi connectivity index (χ2n) is 2.61. The Kier molecular flexibility index (Phi) is 1.33. The van der Waals surface area contributed by atoms with Crippen LogP contribution in [-0.2, 0) is 9.84 Å². The van der Waals surface area contributed by atoms with Crippen LogP contribution in [0.25, 0.3) is 0 Å². The van der Waals surface area contributed by atoms with Gasteiger partial charge in [0, 0.05) is 6.26 Å². The summed E-state index contributed by atoms with van der Waals surface area (Å²) in [5.74, 6) is 0. The summed E-state index contributed by atoms with van der Waals surface area (Å²) in [6.45, 7) is -0.216. The van der Waals surface area contributed by atoms with Crippen LogP contribution in [0.15, 0.2) is 0 Å². The van der Waals surface area contributed by atoms with Gasteiger partial charge in [-0.2, -0.15) is 0 Å². The zero-order valence-corrected chi connectivity index (χ0v) is 6.11. The van der Waals surface area contributed by atoms with Crippen LogP contribution in [0.4, 0.5) is 0 Å². The maximum atomic E-state index is 10.8. The van der Waals surface area contributed by atoms with Crippen molar-refractivity contribution >= 4 is 9.84 Å². The molecule has 0 aromatic rings. The van der Waals surface area contributed by atoms with E-state index >= 15 is 0 Å². The fraction of sp³-hybridized carbons (Fsp3) is 1.00. The van der Waals surface area contributed by atoms with Crippen LogP contribution in [0.5, 0.6) is 0 Å². The number of hydrogen-bond acceptors (Lipinski definition) is 3. The number of aliphatic hydroxyl groups is 1. The highest BCUT2D eigenvalue weighted by Gasteiger charge is 2.51. The van der Waals surface area contributed by atoms with Crippen LogP contribution in [0, 0.1) is 0 Å². The molecular weight excluding hydrogens is 140 g/mol. The fourth-order valence-electron chi connectivity index (χ4n) is 0.786. The lowest BCUT2D eigenvalue weighted by Crippen LogP contribution is -2.25. The van der Waals surface area contributed by atoms with Crippen molar-refractivity contribution in [3.63, 3.8) is 0 Å². The minimum atomic E-state index is -2.99. The van der Waals surface area contributed by atoms with Gasteiger partial charge >= 0.3 is 0 Å². The minimum absolute atomic E-state index is 0.216. The summed E-state index contributed by atoms with van der Waals surface area (Å²) >= 11 is 0. The van der Waals surface area contributed by atoms with Gasteiger partial charge in [-0.25, -0.2) is 8.42 Å². The SMILES string of the molecule is CS(=O)(=O)C1(CO)CC1. The highest BCUT2D eigenvalue weighted by molar-refractivity contribution is 7.92. The van der Waals surface area contributed by atoms with Crippen molar-refractivity contribution in [2.24, 2.45) is 0 Å². The molecule has 1 aliphatic rings. The molecule has 54 valence electrons. The standard InChI is InChI=1S/C5H10O3S/c1-9(7,8)5(4-6)2-3-5/h6H,2-4H2,1H3. The zero-order chi connectivity index (χ0) is 7.12. The molecule has 0 bridgehead atoms. The quantitative estimate of drug-likeness (QED) is 0.580. The van der Waals surface area contributed by atoms with Crippen LogP contribution in [0.1, 0.15) is 12.8 Å². The Bertz CT molecular complexity index is 200. The molecule has 0 unspecified atom stereocenters. The van der Waals surface area contributed by atoms with Crippen LogP contribution in [0.2, 0.25) is 0 Å². The monoisotopic (exact) mass is 150 g/mol. The molecule has 0 saturated heterocycles. The van der Waals surface area contributed by atoms with Crippen molar-refractivity contribution in [1.82, 2.24) is 0 Å². The first-order valence-corrected chi connectivity index (χ1v) is 4.71. The molecule has 0 aromatic carbocycles. The number of sulfone groups is 1. The third-order valence-corrected chi connectivity index (χ3v) is 3.99. The van der Waals surface area contributed by atoms with Gasteiger partial charge in [0.25, 0.3) is 0 Å². The third-order valence-electron chi connectivity index (χ3n) is 1.88. The lowest BCUT2D eigenvalue weighted by molar-refractivity contribution is 0.284. The molecule has 0 spiro atoms. The van der Waals surface area contributed by atoms with Gasteiger partial charge in [-0.05, 0) is 12.8 Å². The second-order valence-corrected chi connectivity index (χ2v) is 5.02. The van der Waals surface area contributed by atoms with Crippen molar-refractivity contribution in [3.05, 3.63) is 0 Å². The summed E-state index contributed by atoms with van der Waals surface area (Å²) < 4.78 is 20.8. The Morgan fingerprint density at radius 1 is 1.56 bits per heavy atom. The molecule has 0 radical (unpaired) electrons. The van der Waals surface area contributed by atoms with Gasteiger partial charge < -0.3 is 5.11 Å². The molecule has 0 aromatic heterocycles. The molecule has 0 amide bonds. The van der Waals surface area contributed by atoms with Gasteiger partial charge in [-0.1, -0.05) is 0 Å². The van der Waals surface area contributed by atoms with E-state index in [0.29, 0.717) is 12.8 Å². The lowest BCUT2D eigenvalue weighted by atomic mass is 10.5. The maximum Gasteiger partial charge on any atom is 0.155 e. The van der Waals surface area contributed by atoms with Gasteiger partial charge in [-0.3, -0.25) is 0 Å². The van der Waals surface area contributed by atoms with E-state index in [2.05, 4.69) is 0 Å². The van der Waals surface area contributed by atoms with Gasteiger partial charge in [0.05, 0.1) is 11.4 Å². The molecule has 0 aliphatic heterocycles. The van der Waals surface area contributed by atoms with E-state index < -0.39 is 14.6 Å². The van der Waals surface area contributed by atoms with Gasteiger partial charge in [0.2, 0.25) is 0 Å². The lowest BCUT2D eigenvalue weighted by Gasteiger charge is -2.06. The van der Waals surface area contributed by atoms with Crippen molar-refractivity contribution in [2.45, 2.75) is 17.6 Å². The molecule has 0 heterocycles. The largest absolute Gasteiger partial charge is 0.395 e. The van der Waals surface area contributed by atoms with E-state index in [0.717, 1.165) is 0 Å². The first-order chi connectivity index (χ1) is 4.02. The minimum Gasteiger partial charge on any atom is -0.395 e. The van der Waals surface area contributed by atoms with Crippen molar-refractivity contribution < 1.29 is 13.5 Å². The summed E-state index contributed by atoms with van der Waals surface area (Å²) in [4.78, 5) is 0. The summed E-state index contributed by atoms with van der Waals surface area (Å²) in [6.07, 6.45) is 2.43. The Labute approximate surface area is 54.6 Å². The van der Waals surface area contributed by atoms with E-state index in [1.54, 1.807) is 0 Å². The van der Waals surface area contributed by atoms with E-state index in [9.17, 15) is 8.42 Å². The van der Waals surface area contributed by atoms with Crippen LogP contribution < -0.4 is 0 Å². The first-order valence-electron chi connectivity index (χ1n) is 2.82. The average molecular weight is 150 g/mol. The highest BCUT2D eigenvalue weighted by Crippen LogP contribution is 2.42. The summed E-state index contributed by atoms with van der Waals surface area (Å²) in [5, 5.41) is 8.61. The van der Waals surface area contributed by atoms with Crippen molar-refractivity contribution in [1.29, 1.82) is 0 Å². The zero-order valence-electron chi connectivity index (χ0n) is 5.29. The van der Waals surface area contributed by atoms with Crippen LogP contribution >= 0.6 is 0 Å². The molecule has 1 fully saturated rings. The molecule has 1 N–H and O–H groups in total. The molecule has 0 atom stereocenters. The Morgan fingerprint density at radius 2 is 2.00 bits per heavy atom. The Balaban J connectivity index is 2.85.